The van der Waals surface area contributed by atoms with E-state index in [1.54, 1.807) is 0 Å². The zero-order valence-corrected chi connectivity index (χ0v) is 19.3. The molecule has 0 amide bonds. The minimum absolute atomic E-state index is 0. The van der Waals surface area contributed by atoms with Crippen molar-refractivity contribution in [3.05, 3.63) is 83.4 Å². The quantitative estimate of drug-likeness (QED) is 0.535. The third-order valence-electron chi connectivity index (χ3n) is 4.47. The van der Waals surface area contributed by atoms with E-state index in [0.29, 0.717) is 4.22 Å². The van der Waals surface area contributed by atoms with Gasteiger partial charge in [-0.1, -0.05) is 0 Å². The van der Waals surface area contributed by atoms with Crippen LogP contribution in [-0.4, -0.2) is 25.5 Å². The number of nitrogens with one attached hydrogen (secondary N) is 1. The van der Waals surface area contributed by atoms with E-state index in [1.165, 1.54) is 28.0 Å². The maximum Gasteiger partial charge on any atom is -0.147 e. The normalized spacial score (nSPS) is 13.8. The van der Waals surface area contributed by atoms with Crippen LogP contribution in [0.1, 0.15) is 28.7 Å². The first-order chi connectivity index (χ1) is 12.1. The molecular formula is C22H28Cl2N2Ti. The van der Waals surface area contributed by atoms with Gasteiger partial charge in [-0.15, -0.1) is 24.8 Å². The summed E-state index contributed by atoms with van der Waals surface area (Å²) in [5.41, 5.74) is 7.13. The fraction of sp³-hybridized carbons (Fsp3) is 0.273. The summed E-state index contributed by atoms with van der Waals surface area (Å²) in [6.07, 6.45) is 5.66. The fourth-order valence-electron chi connectivity index (χ4n) is 3.26. The van der Waals surface area contributed by atoms with Crippen LogP contribution < -0.4 is 3.80 Å². The molecule has 3 rings (SSSR count). The summed E-state index contributed by atoms with van der Waals surface area (Å²) < 4.78 is 4.26. The molecule has 0 aliphatic heterocycles. The van der Waals surface area contributed by atoms with E-state index in [2.05, 4.69) is 96.5 Å². The molecule has 0 spiro atoms. The molecule has 2 aromatic rings. The van der Waals surface area contributed by atoms with Crippen molar-refractivity contribution in [2.24, 2.45) is 0 Å². The summed E-state index contributed by atoms with van der Waals surface area (Å²) in [7, 11) is 4.28. The Morgan fingerprint density at radius 2 is 1.67 bits per heavy atom. The van der Waals surface area contributed by atoms with E-state index in [1.807, 2.05) is 0 Å². The Morgan fingerprint density at radius 1 is 1.00 bits per heavy atom. The first-order valence-corrected chi connectivity index (χ1v) is 10.5. The summed E-state index contributed by atoms with van der Waals surface area (Å²) in [4.78, 5) is 2.25. The first-order valence-electron chi connectivity index (χ1n) is 8.84. The zero-order chi connectivity index (χ0) is 17.6. The van der Waals surface area contributed by atoms with Crippen LogP contribution in [0.15, 0.2) is 72.3 Å². The number of anilines is 1. The van der Waals surface area contributed by atoms with E-state index in [-0.39, 0.29) is 44.2 Å². The van der Waals surface area contributed by atoms with Gasteiger partial charge in [0.2, 0.25) is 0 Å². The Morgan fingerprint density at radius 3 is 2.37 bits per heavy atom. The largest absolute Gasteiger partial charge is 0.147 e. The Kier molecular flexibility index (Phi) is 10.4. The molecule has 1 atom stereocenters. The van der Waals surface area contributed by atoms with Gasteiger partial charge in [-0.05, 0) is 0 Å². The van der Waals surface area contributed by atoms with Crippen molar-refractivity contribution in [1.82, 2.24) is 4.90 Å². The Bertz CT molecular complexity index is 773. The molecule has 0 fully saturated rings. The third kappa shape index (κ3) is 6.52. The zero-order valence-electron chi connectivity index (χ0n) is 16.1. The number of benzene rings is 2. The molecule has 1 aliphatic carbocycles. The second-order valence-electron chi connectivity index (χ2n) is 6.79. The van der Waals surface area contributed by atoms with Crippen LogP contribution in [0.25, 0.3) is 5.57 Å². The molecular weight excluding hydrogens is 411 g/mol. The standard InChI is InChI=1S/C16H20N.C6H6N.2ClH.Ti/c1-4-13-8-5-6-10-15(13)16-11-7-9-14(16)12-17(2)3;7-6-4-2-1-3-5-6;;;/h4-10H,11-12H2,1-3H3;1-5,7H;2*1H;/q;-1;;;+1. The second-order valence-corrected chi connectivity index (χ2v) is 8.99. The van der Waals surface area contributed by atoms with Crippen molar-refractivity contribution in [3.63, 3.8) is 0 Å². The summed E-state index contributed by atoms with van der Waals surface area (Å²) in [6.45, 7) is 3.37. The number of likely N-dealkylation sites (N-methyl/N-ethyl adjacent to an activating group) is 1. The van der Waals surface area contributed by atoms with Gasteiger partial charge < -0.3 is 0 Å². The maximum atomic E-state index is 3.69. The van der Waals surface area contributed by atoms with Crippen molar-refractivity contribution < 1.29 is 19.4 Å². The van der Waals surface area contributed by atoms with E-state index in [9.17, 15) is 0 Å². The summed E-state index contributed by atoms with van der Waals surface area (Å²) in [6, 6.07) is 19.5. The number of hydrogen-bond acceptors (Lipinski definition) is 2. The van der Waals surface area contributed by atoms with Gasteiger partial charge in [-0.2, -0.15) is 0 Å². The summed E-state index contributed by atoms with van der Waals surface area (Å²) >= 11 is -0.313. The van der Waals surface area contributed by atoms with Gasteiger partial charge in [0.15, 0.2) is 0 Å². The average molecular weight is 439 g/mol. The molecule has 0 radical (unpaired) electrons. The number of allylic oxidation sites excluding steroid dienone is 2. The molecule has 27 heavy (non-hydrogen) atoms. The predicted molar refractivity (Wildman–Crippen MR) is 119 cm³/mol. The van der Waals surface area contributed by atoms with Crippen LogP contribution in [0.4, 0.5) is 5.69 Å². The van der Waals surface area contributed by atoms with E-state index >= 15 is 0 Å². The van der Waals surface area contributed by atoms with Crippen LogP contribution >= 0.6 is 24.8 Å². The number of rotatable bonds is 7. The molecule has 0 saturated carbocycles. The van der Waals surface area contributed by atoms with Crippen LogP contribution in [-0.2, 0) is 19.4 Å². The minimum Gasteiger partial charge on any atom is -0.147 e. The van der Waals surface area contributed by atoms with Crippen LogP contribution in [0.3, 0.4) is 0 Å². The van der Waals surface area contributed by atoms with Gasteiger partial charge >= 0.3 is 161 Å². The maximum absolute atomic E-state index is 3.69. The predicted octanol–water partition coefficient (Wildman–Crippen LogP) is 5.98. The SMILES string of the molecule is C[CH]([Ti][NH]c1ccccc1)c1ccccc1C1=C(CN(C)C)C=CC1.Cl.Cl. The van der Waals surface area contributed by atoms with Crippen molar-refractivity contribution in [1.29, 1.82) is 0 Å². The number of hydrogen-bond donors (Lipinski definition) is 1. The number of para-hydroxylation sites is 1. The molecule has 5 heteroatoms. The topological polar surface area (TPSA) is 15.3 Å². The second kappa shape index (κ2) is 11.7. The first kappa shape index (κ1) is 24.0. The van der Waals surface area contributed by atoms with Gasteiger partial charge in [0.1, 0.15) is 0 Å². The number of nitrogens with zero attached hydrogens (tertiary/aromatic N) is 1. The third-order valence-corrected chi connectivity index (χ3v) is 6.31. The molecule has 1 unspecified atom stereocenters. The molecule has 0 saturated heterocycles. The molecule has 0 bridgehead atoms. The average Bonchev–Trinajstić information content (AvgIpc) is 3.08. The molecule has 1 N–H and O–H groups in total. The summed E-state index contributed by atoms with van der Waals surface area (Å²) in [5, 5.41) is 0. The molecule has 2 nitrogen and oxygen atoms in total. The molecule has 1 aliphatic rings. The van der Waals surface area contributed by atoms with E-state index in [4.69, 9.17) is 0 Å². The van der Waals surface area contributed by atoms with Crippen molar-refractivity contribution in [2.75, 3.05) is 24.4 Å². The molecule has 0 heterocycles. The molecule has 144 valence electrons. The molecule has 0 aromatic heterocycles. The van der Waals surface area contributed by atoms with Crippen LogP contribution in [0.5, 0.6) is 0 Å². The van der Waals surface area contributed by atoms with E-state index < -0.39 is 0 Å². The van der Waals surface area contributed by atoms with Crippen LogP contribution in [0.2, 0.25) is 0 Å². The smallest absolute Gasteiger partial charge is 0.147 e. The Labute approximate surface area is 185 Å². The van der Waals surface area contributed by atoms with Gasteiger partial charge in [0.25, 0.3) is 0 Å². The summed E-state index contributed by atoms with van der Waals surface area (Å²) in [5.74, 6) is 0. The monoisotopic (exact) mass is 438 g/mol. The van der Waals surface area contributed by atoms with Gasteiger partial charge in [0, 0.05) is 0 Å². The van der Waals surface area contributed by atoms with Crippen molar-refractivity contribution in [2.45, 2.75) is 17.6 Å². The number of halogens is 2. The van der Waals surface area contributed by atoms with E-state index in [0.717, 1.165) is 13.0 Å². The Hall–Kier alpha value is -1.03. The van der Waals surface area contributed by atoms with Crippen molar-refractivity contribution >= 4 is 36.1 Å². The molecule has 2 aromatic carbocycles. The van der Waals surface area contributed by atoms with Gasteiger partial charge in [-0.3, -0.25) is 0 Å². The van der Waals surface area contributed by atoms with Crippen LogP contribution in [0, 0.1) is 0 Å². The Balaban J connectivity index is 0.00000182. The fourth-order valence-corrected chi connectivity index (χ4v) is 4.76. The van der Waals surface area contributed by atoms with Gasteiger partial charge in [0.05, 0.1) is 0 Å². The van der Waals surface area contributed by atoms with Gasteiger partial charge in [-0.25, -0.2) is 0 Å². The van der Waals surface area contributed by atoms with Crippen molar-refractivity contribution in [3.8, 4) is 0 Å². The minimum atomic E-state index is -0.313.